The van der Waals surface area contributed by atoms with E-state index < -0.39 is 16.9 Å². The molecule has 0 aliphatic carbocycles. The summed E-state index contributed by atoms with van der Waals surface area (Å²) in [6, 6.07) is 14.8. The Morgan fingerprint density at radius 1 is 1.19 bits per heavy atom. The number of carbonyl (C=O) groups is 1. The minimum atomic E-state index is -0.533. The lowest BCUT2D eigenvalue weighted by Gasteiger charge is -2.18. The average molecular weight is 386 g/mol. The highest BCUT2D eigenvalue weighted by molar-refractivity contribution is 7.10. The van der Waals surface area contributed by atoms with Gasteiger partial charge in [0.2, 0.25) is 0 Å². The molecule has 2 aromatic carbocycles. The van der Waals surface area contributed by atoms with Gasteiger partial charge in [-0.2, -0.15) is 0 Å². The molecule has 1 atom stereocenters. The number of non-ortho nitro benzene ring substituents is 1. The van der Waals surface area contributed by atoms with Crippen LogP contribution in [-0.4, -0.2) is 17.4 Å². The number of benzene rings is 2. The fourth-order valence-electron chi connectivity index (χ4n) is 2.47. The van der Waals surface area contributed by atoms with E-state index in [-0.39, 0.29) is 23.9 Å². The van der Waals surface area contributed by atoms with Crippen molar-refractivity contribution in [3.8, 4) is 5.75 Å². The zero-order valence-electron chi connectivity index (χ0n) is 14.0. The van der Waals surface area contributed by atoms with Gasteiger partial charge in [0.25, 0.3) is 11.6 Å². The van der Waals surface area contributed by atoms with Crippen LogP contribution in [0.25, 0.3) is 0 Å². The molecule has 1 N–H and O–H groups in total. The summed E-state index contributed by atoms with van der Waals surface area (Å²) < 4.78 is 18.6. The van der Waals surface area contributed by atoms with E-state index in [4.69, 9.17) is 4.74 Å². The number of nitro benzene ring substituents is 1. The molecule has 8 heteroatoms. The number of nitrogens with zero attached hydrogens (tertiary/aromatic N) is 1. The highest BCUT2D eigenvalue weighted by atomic mass is 32.1. The average Bonchev–Trinajstić information content (AvgIpc) is 3.20. The van der Waals surface area contributed by atoms with Crippen molar-refractivity contribution >= 4 is 22.9 Å². The second-order valence-corrected chi connectivity index (χ2v) is 6.59. The molecule has 0 saturated heterocycles. The molecule has 6 nitrogen and oxygen atoms in total. The van der Waals surface area contributed by atoms with Gasteiger partial charge in [-0.3, -0.25) is 14.9 Å². The van der Waals surface area contributed by atoms with Crippen molar-refractivity contribution in [2.45, 2.75) is 6.04 Å². The summed E-state index contributed by atoms with van der Waals surface area (Å²) >= 11 is 1.47. The van der Waals surface area contributed by atoms with Crippen molar-refractivity contribution in [1.29, 1.82) is 0 Å². The summed E-state index contributed by atoms with van der Waals surface area (Å²) in [6.07, 6.45) is 0. The largest absolute Gasteiger partial charge is 0.484 e. The molecule has 0 spiro atoms. The van der Waals surface area contributed by atoms with Crippen molar-refractivity contribution in [1.82, 2.24) is 5.32 Å². The van der Waals surface area contributed by atoms with Crippen molar-refractivity contribution < 1.29 is 18.8 Å². The molecular formula is C19H15FN2O4S. The topological polar surface area (TPSA) is 81.5 Å². The molecule has 1 heterocycles. The van der Waals surface area contributed by atoms with Gasteiger partial charge in [0.15, 0.2) is 6.61 Å². The molecule has 0 fully saturated rings. The lowest BCUT2D eigenvalue weighted by atomic mass is 10.1. The van der Waals surface area contributed by atoms with Gasteiger partial charge in [-0.1, -0.05) is 24.3 Å². The molecular weight excluding hydrogens is 371 g/mol. The van der Waals surface area contributed by atoms with Gasteiger partial charge < -0.3 is 10.1 Å². The number of nitrogens with one attached hydrogen (secondary N) is 1. The first kappa shape index (κ1) is 18.5. The number of halogens is 1. The van der Waals surface area contributed by atoms with Crippen LogP contribution < -0.4 is 10.1 Å². The van der Waals surface area contributed by atoms with E-state index in [1.54, 1.807) is 12.1 Å². The minimum Gasteiger partial charge on any atom is -0.484 e. The predicted molar refractivity (Wildman–Crippen MR) is 99.3 cm³/mol. The first-order valence-electron chi connectivity index (χ1n) is 7.98. The van der Waals surface area contributed by atoms with Crippen LogP contribution in [0.2, 0.25) is 0 Å². The normalized spacial score (nSPS) is 11.6. The summed E-state index contributed by atoms with van der Waals surface area (Å²) in [6.45, 7) is -0.301. The van der Waals surface area contributed by atoms with E-state index in [2.05, 4.69) is 5.32 Å². The van der Waals surface area contributed by atoms with Crippen LogP contribution in [0.5, 0.6) is 5.75 Å². The van der Waals surface area contributed by atoms with Crippen molar-refractivity contribution in [3.63, 3.8) is 0 Å². The Labute approximate surface area is 158 Å². The van der Waals surface area contributed by atoms with E-state index in [9.17, 15) is 19.3 Å². The van der Waals surface area contributed by atoms with Crippen LogP contribution in [0.3, 0.4) is 0 Å². The molecule has 0 bridgehead atoms. The molecule has 0 unspecified atom stereocenters. The highest BCUT2D eigenvalue weighted by Gasteiger charge is 2.18. The number of amides is 1. The van der Waals surface area contributed by atoms with Gasteiger partial charge in [-0.15, -0.1) is 11.3 Å². The Kier molecular flexibility index (Phi) is 5.77. The van der Waals surface area contributed by atoms with Crippen LogP contribution in [0, 0.1) is 15.9 Å². The molecule has 27 heavy (non-hydrogen) atoms. The van der Waals surface area contributed by atoms with Gasteiger partial charge in [0.05, 0.1) is 17.0 Å². The summed E-state index contributed by atoms with van der Waals surface area (Å²) in [7, 11) is 0. The second kappa shape index (κ2) is 8.41. The quantitative estimate of drug-likeness (QED) is 0.490. The Balaban J connectivity index is 1.69. The third kappa shape index (κ3) is 4.89. The number of nitro groups is 1. The number of hydrogen-bond donors (Lipinski definition) is 1. The summed E-state index contributed by atoms with van der Waals surface area (Å²) in [5.41, 5.74) is 0.623. The Hall–Kier alpha value is -3.26. The van der Waals surface area contributed by atoms with E-state index in [1.807, 2.05) is 17.5 Å². The van der Waals surface area contributed by atoms with Crippen molar-refractivity contribution in [2.75, 3.05) is 6.61 Å². The predicted octanol–water partition coefficient (Wildman–Crippen LogP) is 4.08. The van der Waals surface area contributed by atoms with Crippen LogP contribution in [-0.2, 0) is 4.79 Å². The van der Waals surface area contributed by atoms with Crippen LogP contribution in [0.4, 0.5) is 10.1 Å². The third-order valence-electron chi connectivity index (χ3n) is 3.73. The van der Waals surface area contributed by atoms with E-state index in [1.165, 1.54) is 47.7 Å². The van der Waals surface area contributed by atoms with Gasteiger partial charge in [-0.25, -0.2) is 4.39 Å². The van der Waals surface area contributed by atoms with Gasteiger partial charge in [-0.05, 0) is 35.2 Å². The number of rotatable bonds is 7. The SMILES string of the molecule is O=C(COc1cccc([N+](=O)[O-])c1)N[C@H](c1ccc(F)cc1)c1cccs1. The number of hydrogen-bond acceptors (Lipinski definition) is 5. The van der Waals surface area contributed by atoms with Crippen LogP contribution in [0.15, 0.2) is 66.0 Å². The Bertz CT molecular complexity index is 929. The van der Waals surface area contributed by atoms with Gasteiger partial charge in [0, 0.05) is 10.9 Å². The molecule has 1 aromatic heterocycles. The molecule has 0 radical (unpaired) electrons. The standard InChI is InChI=1S/C19H15FN2O4S/c20-14-8-6-13(7-9-14)19(17-5-2-10-27-17)21-18(23)12-26-16-4-1-3-15(11-16)22(24)25/h1-11,19H,12H2,(H,21,23)/t19-/m1/s1. The zero-order valence-corrected chi connectivity index (χ0v) is 14.8. The minimum absolute atomic E-state index is 0.115. The first-order valence-corrected chi connectivity index (χ1v) is 8.86. The fourth-order valence-corrected chi connectivity index (χ4v) is 3.27. The highest BCUT2D eigenvalue weighted by Crippen LogP contribution is 2.26. The van der Waals surface area contributed by atoms with E-state index in [0.717, 1.165) is 10.4 Å². The lowest BCUT2D eigenvalue weighted by Crippen LogP contribution is -2.32. The molecule has 3 aromatic rings. The smallest absolute Gasteiger partial charge is 0.273 e. The summed E-state index contributed by atoms with van der Waals surface area (Å²) in [4.78, 5) is 23.5. The van der Waals surface area contributed by atoms with E-state index in [0.29, 0.717) is 0 Å². The summed E-state index contributed by atoms with van der Waals surface area (Å²) in [5.74, 6) is -0.526. The maximum Gasteiger partial charge on any atom is 0.273 e. The monoisotopic (exact) mass is 386 g/mol. The Morgan fingerprint density at radius 3 is 2.63 bits per heavy atom. The lowest BCUT2D eigenvalue weighted by molar-refractivity contribution is -0.384. The zero-order chi connectivity index (χ0) is 19.2. The number of ether oxygens (including phenoxy) is 1. The van der Waals surface area contributed by atoms with E-state index >= 15 is 0 Å². The van der Waals surface area contributed by atoms with Crippen molar-refractivity contribution in [2.24, 2.45) is 0 Å². The molecule has 138 valence electrons. The molecule has 0 saturated carbocycles. The fraction of sp³-hybridized carbons (Fsp3) is 0.105. The maximum atomic E-state index is 13.2. The molecule has 3 rings (SSSR count). The number of carbonyl (C=O) groups excluding carboxylic acids is 1. The Morgan fingerprint density at radius 2 is 1.96 bits per heavy atom. The second-order valence-electron chi connectivity index (χ2n) is 5.61. The van der Waals surface area contributed by atoms with Crippen LogP contribution >= 0.6 is 11.3 Å². The maximum absolute atomic E-state index is 13.2. The summed E-state index contributed by atoms with van der Waals surface area (Å²) in [5, 5.41) is 15.5. The number of thiophene rings is 1. The third-order valence-corrected chi connectivity index (χ3v) is 4.67. The molecule has 1 amide bonds. The van der Waals surface area contributed by atoms with Gasteiger partial charge >= 0.3 is 0 Å². The van der Waals surface area contributed by atoms with Crippen LogP contribution in [0.1, 0.15) is 16.5 Å². The molecule has 0 aliphatic heterocycles. The molecule has 0 aliphatic rings. The first-order chi connectivity index (χ1) is 13.0. The van der Waals surface area contributed by atoms with Gasteiger partial charge in [0.1, 0.15) is 11.6 Å². The van der Waals surface area contributed by atoms with Crippen molar-refractivity contribution in [3.05, 3.63) is 92.4 Å².